The van der Waals surface area contributed by atoms with Gasteiger partial charge < -0.3 is 19.7 Å². The second-order valence-corrected chi connectivity index (χ2v) is 8.58. The second-order valence-electron chi connectivity index (χ2n) is 8.58. The van der Waals surface area contributed by atoms with Crippen molar-refractivity contribution in [1.29, 1.82) is 0 Å². The van der Waals surface area contributed by atoms with E-state index in [1.807, 2.05) is 42.5 Å². The smallest absolute Gasteiger partial charge is 0.251 e. The molecule has 0 bridgehead atoms. The van der Waals surface area contributed by atoms with Crippen molar-refractivity contribution < 1.29 is 14.3 Å². The lowest BCUT2D eigenvalue weighted by atomic mass is 9.80. The minimum atomic E-state index is -0.199. The predicted octanol–water partition coefficient (Wildman–Crippen LogP) is 4.58. The summed E-state index contributed by atoms with van der Waals surface area (Å²) < 4.78 is 12.2. The van der Waals surface area contributed by atoms with Crippen LogP contribution in [-0.4, -0.2) is 43.2 Å². The van der Waals surface area contributed by atoms with Crippen molar-refractivity contribution in [2.45, 2.75) is 50.7 Å². The quantitative estimate of drug-likeness (QED) is 0.711. The van der Waals surface area contributed by atoms with Crippen molar-refractivity contribution in [3.63, 3.8) is 0 Å². The fourth-order valence-electron chi connectivity index (χ4n) is 4.36. The number of nitrogens with one attached hydrogen (secondary N) is 1. The van der Waals surface area contributed by atoms with E-state index in [0.717, 1.165) is 62.3 Å². The first-order valence-corrected chi connectivity index (χ1v) is 11.1. The third kappa shape index (κ3) is 4.62. The summed E-state index contributed by atoms with van der Waals surface area (Å²) in [5, 5.41) is 3.27. The molecule has 1 amide bonds. The largest absolute Gasteiger partial charge is 0.494 e. The number of fused-ring (bicyclic) bond motifs is 1. The van der Waals surface area contributed by atoms with Crippen LogP contribution in [-0.2, 0) is 0 Å². The monoisotopic (exact) mass is 408 g/mol. The van der Waals surface area contributed by atoms with Gasteiger partial charge in [0.2, 0.25) is 0 Å². The molecule has 0 aliphatic carbocycles. The van der Waals surface area contributed by atoms with E-state index in [1.165, 1.54) is 0 Å². The van der Waals surface area contributed by atoms with Gasteiger partial charge in [-0.05, 0) is 56.6 Å². The minimum Gasteiger partial charge on any atom is -0.494 e. The molecule has 1 saturated heterocycles. The van der Waals surface area contributed by atoms with Crippen LogP contribution >= 0.6 is 0 Å². The Labute approximate surface area is 179 Å². The van der Waals surface area contributed by atoms with Crippen LogP contribution in [0.3, 0.4) is 0 Å². The number of para-hydroxylation sites is 1. The molecular weight excluding hydrogens is 376 g/mol. The van der Waals surface area contributed by atoms with Crippen LogP contribution in [0.2, 0.25) is 0 Å². The van der Waals surface area contributed by atoms with Gasteiger partial charge in [-0.3, -0.25) is 4.79 Å². The fraction of sp³-hybridized carbons (Fsp3) is 0.480. The molecule has 5 nitrogen and oxygen atoms in total. The van der Waals surface area contributed by atoms with Crippen molar-refractivity contribution >= 4 is 5.91 Å². The summed E-state index contributed by atoms with van der Waals surface area (Å²) in [5.41, 5.74) is 1.52. The summed E-state index contributed by atoms with van der Waals surface area (Å²) >= 11 is 0. The zero-order chi connectivity index (χ0) is 21.0. The van der Waals surface area contributed by atoms with Gasteiger partial charge in [0.15, 0.2) is 0 Å². The summed E-state index contributed by atoms with van der Waals surface area (Å²) in [7, 11) is 2.15. The highest BCUT2D eigenvalue weighted by Gasteiger charge is 2.43. The van der Waals surface area contributed by atoms with Crippen LogP contribution in [0.25, 0.3) is 0 Å². The van der Waals surface area contributed by atoms with E-state index in [9.17, 15) is 4.79 Å². The number of carbonyl (C=O) groups is 1. The van der Waals surface area contributed by atoms with Gasteiger partial charge in [0.25, 0.3) is 5.91 Å². The van der Waals surface area contributed by atoms with Gasteiger partial charge in [-0.2, -0.15) is 0 Å². The molecule has 1 spiro atoms. The number of benzene rings is 2. The number of rotatable bonds is 6. The van der Waals surface area contributed by atoms with E-state index in [1.54, 1.807) is 0 Å². The Bertz CT molecular complexity index is 857. The van der Waals surface area contributed by atoms with Crippen LogP contribution in [0.5, 0.6) is 11.5 Å². The minimum absolute atomic E-state index is 0.0497. The summed E-state index contributed by atoms with van der Waals surface area (Å²) in [4.78, 5) is 15.4. The number of nitrogens with zero attached hydrogens (tertiary/aromatic N) is 1. The molecule has 1 atom stereocenters. The van der Waals surface area contributed by atoms with Crippen molar-refractivity contribution in [1.82, 2.24) is 10.2 Å². The topological polar surface area (TPSA) is 50.8 Å². The Morgan fingerprint density at radius 3 is 2.63 bits per heavy atom. The summed E-state index contributed by atoms with van der Waals surface area (Å²) in [6.45, 7) is 4.88. The molecule has 1 N–H and O–H groups in total. The van der Waals surface area contributed by atoms with Gasteiger partial charge in [0.05, 0.1) is 12.6 Å². The third-order valence-corrected chi connectivity index (χ3v) is 6.28. The van der Waals surface area contributed by atoms with Crippen LogP contribution in [0.4, 0.5) is 0 Å². The maximum absolute atomic E-state index is 13.0. The number of likely N-dealkylation sites (tertiary alicyclic amines) is 1. The Morgan fingerprint density at radius 2 is 1.90 bits per heavy atom. The van der Waals surface area contributed by atoms with Crippen molar-refractivity contribution in [2.75, 3.05) is 26.7 Å². The molecule has 160 valence electrons. The van der Waals surface area contributed by atoms with E-state index < -0.39 is 0 Å². The standard InChI is InChI=1S/C25H32N2O3/c1-3-4-17-29-20-11-9-19(10-12-20)24(28)26-22-18-25(13-15-27(2)16-14-25)30-23-8-6-5-7-21(22)23/h5-12,22H,3-4,13-18H2,1-2H3,(H,26,28). The second kappa shape index (κ2) is 9.09. The number of piperidine rings is 1. The molecule has 0 saturated carbocycles. The maximum atomic E-state index is 13.0. The number of ether oxygens (including phenoxy) is 2. The third-order valence-electron chi connectivity index (χ3n) is 6.28. The molecule has 2 aromatic rings. The molecule has 1 unspecified atom stereocenters. The summed E-state index contributed by atoms with van der Waals surface area (Å²) in [6, 6.07) is 15.5. The number of amides is 1. The Kier molecular flexibility index (Phi) is 6.28. The first kappa shape index (κ1) is 20.7. The van der Waals surface area contributed by atoms with E-state index in [2.05, 4.69) is 30.3 Å². The van der Waals surface area contributed by atoms with Crippen molar-refractivity contribution in [3.05, 3.63) is 59.7 Å². The van der Waals surface area contributed by atoms with Gasteiger partial charge >= 0.3 is 0 Å². The lowest BCUT2D eigenvalue weighted by Gasteiger charge is -2.46. The molecule has 2 aliphatic heterocycles. The Morgan fingerprint density at radius 1 is 1.17 bits per heavy atom. The highest BCUT2D eigenvalue weighted by Crippen LogP contribution is 2.44. The van der Waals surface area contributed by atoms with Crippen molar-refractivity contribution in [3.8, 4) is 11.5 Å². The van der Waals surface area contributed by atoms with Crippen LogP contribution < -0.4 is 14.8 Å². The van der Waals surface area contributed by atoms with E-state index in [-0.39, 0.29) is 17.6 Å². The lowest BCUT2D eigenvalue weighted by Crippen LogP contribution is -2.51. The van der Waals surface area contributed by atoms with E-state index in [4.69, 9.17) is 9.47 Å². The van der Waals surface area contributed by atoms with Gasteiger partial charge in [-0.1, -0.05) is 31.5 Å². The SMILES string of the molecule is CCCCOc1ccc(C(=O)NC2CC3(CCN(C)CC3)Oc3ccccc32)cc1. The molecule has 2 aliphatic rings. The molecule has 0 radical (unpaired) electrons. The van der Waals surface area contributed by atoms with E-state index in [0.29, 0.717) is 12.2 Å². The number of unbranched alkanes of at least 4 members (excludes halogenated alkanes) is 1. The van der Waals surface area contributed by atoms with Crippen LogP contribution in [0.1, 0.15) is 61.0 Å². The Hall–Kier alpha value is -2.53. The number of hydrogen-bond donors (Lipinski definition) is 1. The highest BCUT2D eigenvalue weighted by atomic mass is 16.5. The number of carbonyl (C=O) groups excluding carboxylic acids is 1. The van der Waals surface area contributed by atoms with Gasteiger partial charge in [0.1, 0.15) is 17.1 Å². The first-order chi connectivity index (χ1) is 14.6. The van der Waals surface area contributed by atoms with Crippen molar-refractivity contribution in [2.24, 2.45) is 0 Å². The molecule has 2 aromatic carbocycles. The molecular formula is C25H32N2O3. The predicted molar refractivity (Wildman–Crippen MR) is 118 cm³/mol. The molecule has 5 heteroatoms. The highest BCUT2D eigenvalue weighted by molar-refractivity contribution is 5.94. The summed E-state index contributed by atoms with van der Waals surface area (Å²) in [5.74, 6) is 1.65. The van der Waals surface area contributed by atoms with Gasteiger partial charge in [0, 0.05) is 30.6 Å². The Balaban J connectivity index is 1.48. The molecule has 0 aromatic heterocycles. The molecule has 2 heterocycles. The average molecular weight is 409 g/mol. The average Bonchev–Trinajstić information content (AvgIpc) is 2.77. The summed E-state index contributed by atoms with van der Waals surface area (Å²) in [6.07, 6.45) is 4.90. The van der Waals surface area contributed by atoms with Crippen LogP contribution in [0.15, 0.2) is 48.5 Å². The molecule has 1 fully saturated rings. The van der Waals surface area contributed by atoms with Crippen LogP contribution in [0, 0.1) is 0 Å². The zero-order valence-electron chi connectivity index (χ0n) is 18.0. The normalized spacial score (nSPS) is 20.3. The number of hydrogen-bond acceptors (Lipinski definition) is 4. The molecule has 30 heavy (non-hydrogen) atoms. The fourth-order valence-corrected chi connectivity index (χ4v) is 4.36. The first-order valence-electron chi connectivity index (χ1n) is 11.1. The van der Waals surface area contributed by atoms with Gasteiger partial charge in [-0.25, -0.2) is 0 Å². The van der Waals surface area contributed by atoms with E-state index >= 15 is 0 Å². The lowest BCUT2D eigenvalue weighted by molar-refractivity contribution is -0.0195. The zero-order valence-corrected chi connectivity index (χ0v) is 18.0. The molecule has 4 rings (SSSR count). The maximum Gasteiger partial charge on any atom is 0.251 e. The van der Waals surface area contributed by atoms with Gasteiger partial charge in [-0.15, -0.1) is 0 Å².